The second-order valence-corrected chi connectivity index (χ2v) is 3.60. The molecule has 0 amide bonds. The van der Waals surface area contributed by atoms with Crippen molar-refractivity contribution in [2.24, 2.45) is 0 Å². The van der Waals surface area contributed by atoms with Crippen LogP contribution < -0.4 is 4.74 Å². The number of benzene rings is 1. The number of aliphatic hydroxyl groups excluding tert-OH is 1. The first-order valence-electron chi connectivity index (χ1n) is 3.95. The van der Waals surface area contributed by atoms with Crippen molar-refractivity contribution in [2.75, 3.05) is 7.11 Å². The Hall–Kier alpha value is -0.750. The van der Waals surface area contributed by atoms with Gasteiger partial charge in [0.05, 0.1) is 11.6 Å². The van der Waals surface area contributed by atoms with E-state index >= 15 is 0 Å². The van der Waals surface area contributed by atoms with Gasteiger partial charge in [-0.15, -0.1) is 0 Å². The Kier molecular flexibility index (Phi) is 3.62. The Morgan fingerprint density at radius 2 is 2.00 bits per heavy atom. The van der Waals surface area contributed by atoms with Crippen LogP contribution in [0.5, 0.6) is 5.75 Å². The monoisotopic (exact) mass is 284 g/mol. The van der Waals surface area contributed by atoms with E-state index in [1.165, 1.54) is 25.3 Å². The van der Waals surface area contributed by atoms with Gasteiger partial charge in [0.2, 0.25) is 0 Å². The SMILES string of the molecule is COc1cccc(C(O)C(F)(F)F)c1Br. The van der Waals surface area contributed by atoms with Gasteiger partial charge in [0.1, 0.15) is 5.75 Å². The Morgan fingerprint density at radius 3 is 2.47 bits per heavy atom. The molecule has 0 aliphatic rings. The molecule has 6 heteroatoms. The Labute approximate surface area is 92.8 Å². The van der Waals surface area contributed by atoms with Gasteiger partial charge in [-0.3, -0.25) is 0 Å². The van der Waals surface area contributed by atoms with Crippen LogP contribution in [-0.2, 0) is 0 Å². The molecule has 0 saturated heterocycles. The lowest BCUT2D eigenvalue weighted by Gasteiger charge is -2.17. The average Bonchev–Trinajstić information content (AvgIpc) is 2.16. The largest absolute Gasteiger partial charge is 0.496 e. The summed E-state index contributed by atoms with van der Waals surface area (Å²) in [6, 6.07) is 4.06. The van der Waals surface area contributed by atoms with Gasteiger partial charge in [-0.25, -0.2) is 0 Å². The van der Waals surface area contributed by atoms with Gasteiger partial charge in [-0.05, 0) is 22.0 Å². The number of ether oxygens (including phenoxy) is 1. The molecule has 2 nitrogen and oxygen atoms in total. The Bertz CT molecular complexity index is 352. The lowest BCUT2D eigenvalue weighted by molar-refractivity contribution is -0.207. The molecule has 84 valence electrons. The Morgan fingerprint density at radius 1 is 1.40 bits per heavy atom. The summed E-state index contributed by atoms with van der Waals surface area (Å²) in [5, 5.41) is 9.05. The summed E-state index contributed by atoms with van der Waals surface area (Å²) in [6.45, 7) is 0. The van der Waals surface area contributed by atoms with Crippen LogP contribution in [0.4, 0.5) is 13.2 Å². The fourth-order valence-electron chi connectivity index (χ4n) is 1.07. The highest BCUT2D eigenvalue weighted by Crippen LogP contribution is 2.39. The van der Waals surface area contributed by atoms with Crippen molar-refractivity contribution in [1.82, 2.24) is 0 Å². The number of methoxy groups -OCH3 is 1. The predicted molar refractivity (Wildman–Crippen MR) is 51.7 cm³/mol. The third-order valence-corrected chi connectivity index (χ3v) is 2.67. The molecule has 1 aromatic carbocycles. The molecular weight excluding hydrogens is 277 g/mol. The fourth-order valence-corrected chi connectivity index (χ4v) is 1.72. The maximum atomic E-state index is 12.2. The van der Waals surface area contributed by atoms with Crippen molar-refractivity contribution in [3.05, 3.63) is 28.2 Å². The van der Waals surface area contributed by atoms with E-state index in [2.05, 4.69) is 15.9 Å². The van der Waals surface area contributed by atoms with E-state index in [4.69, 9.17) is 9.84 Å². The highest BCUT2D eigenvalue weighted by molar-refractivity contribution is 9.10. The minimum Gasteiger partial charge on any atom is -0.496 e. The molecule has 0 fully saturated rings. The van der Waals surface area contributed by atoms with Gasteiger partial charge >= 0.3 is 6.18 Å². The minimum absolute atomic E-state index is 0.109. The van der Waals surface area contributed by atoms with E-state index in [9.17, 15) is 13.2 Å². The molecule has 0 aliphatic carbocycles. The highest BCUT2D eigenvalue weighted by atomic mass is 79.9. The van der Waals surface area contributed by atoms with Crippen molar-refractivity contribution in [2.45, 2.75) is 12.3 Å². The van der Waals surface area contributed by atoms with Gasteiger partial charge in [-0.2, -0.15) is 13.2 Å². The van der Waals surface area contributed by atoms with E-state index in [0.29, 0.717) is 0 Å². The zero-order chi connectivity index (χ0) is 11.6. The first-order valence-corrected chi connectivity index (χ1v) is 4.74. The van der Waals surface area contributed by atoms with Crippen molar-refractivity contribution < 1.29 is 23.0 Å². The molecule has 1 aromatic rings. The minimum atomic E-state index is -4.69. The fraction of sp³-hybridized carbons (Fsp3) is 0.333. The predicted octanol–water partition coefficient (Wildman–Crippen LogP) is 3.05. The van der Waals surface area contributed by atoms with Crippen LogP contribution in [0.3, 0.4) is 0 Å². The summed E-state index contributed by atoms with van der Waals surface area (Å²) in [5.41, 5.74) is -0.262. The molecule has 0 saturated carbocycles. The molecule has 1 rings (SSSR count). The maximum Gasteiger partial charge on any atom is 0.418 e. The zero-order valence-corrected chi connectivity index (χ0v) is 9.26. The van der Waals surface area contributed by atoms with E-state index in [1.807, 2.05) is 0 Å². The van der Waals surface area contributed by atoms with Crippen LogP contribution >= 0.6 is 15.9 Å². The summed E-state index contributed by atoms with van der Waals surface area (Å²) in [7, 11) is 1.34. The average molecular weight is 285 g/mol. The summed E-state index contributed by atoms with van der Waals surface area (Å²) in [4.78, 5) is 0. The molecule has 0 radical (unpaired) electrons. The Balaban J connectivity index is 3.15. The summed E-state index contributed by atoms with van der Waals surface area (Å²) >= 11 is 2.95. The van der Waals surface area contributed by atoms with E-state index in [-0.39, 0.29) is 15.8 Å². The number of alkyl halides is 3. The lowest BCUT2D eigenvalue weighted by Crippen LogP contribution is -2.20. The molecule has 15 heavy (non-hydrogen) atoms. The topological polar surface area (TPSA) is 29.5 Å². The smallest absolute Gasteiger partial charge is 0.418 e. The second-order valence-electron chi connectivity index (χ2n) is 2.81. The first kappa shape index (κ1) is 12.3. The van der Waals surface area contributed by atoms with Crippen LogP contribution in [-0.4, -0.2) is 18.4 Å². The molecular formula is C9H8BrF3O2. The van der Waals surface area contributed by atoms with Crippen molar-refractivity contribution in [1.29, 1.82) is 0 Å². The van der Waals surface area contributed by atoms with E-state index in [1.54, 1.807) is 0 Å². The summed E-state index contributed by atoms with van der Waals surface area (Å²) in [6.07, 6.45) is -7.20. The number of halogens is 4. The molecule has 0 heterocycles. The van der Waals surface area contributed by atoms with Gasteiger partial charge in [0, 0.05) is 5.56 Å². The molecule has 0 aliphatic heterocycles. The summed E-state index contributed by atoms with van der Waals surface area (Å²) in [5.74, 6) is 0.246. The lowest BCUT2D eigenvalue weighted by atomic mass is 10.1. The quantitative estimate of drug-likeness (QED) is 0.905. The van der Waals surface area contributed by atoms with Crippen LogP contribution in [0.25, 0.3) is 0 Å². The standard InChI is InChI=1S/C9H8BrF3O2/c1-15-6-4-2-3-5(7(6)10)8(14)9(11,12)13/h2-4,8,14H,1H3. The molecule has 1 atom stereocenters. The van der Waals surface area contributed by atoms with Crippen LogP contribution in [0.1, 0.15) is 11.7 Å². The third-order valence-electron chi connectivity index (χ3n) is 1.82. The number of hydrogen-bond acceptors (Lipinski definition) is 2. The van der Waals surface area contributed by atoms with Crippen LogP contribution in [0.15, 0.2) is 22.7 Å². The molecule has 0 spiro atoms. The third kappa shape index (κ3) is 2.63. The molecule has 1 unspecified atom stereocenters. The van der Waals surface area contributed by atoms with Crippen molar-refractivity contribution in [3.63, 3.8) is 0 Å². The van der Waals surface area contributed by atoms with Gasteiger partial charge in [0.25, 0.3) is 0 Å². The van der Waals surface area contributed by atoms with E-state index < -0.39 is 12.3 Å². The molecule has 0 bridgehead atoms. The van der Waals surface area contributed by atoms with Crippen LogP contribution in [0.2, 0.25) is 0 Å². The maximum absolute atomic E-state index is 12.2. The van der Waals surface area contributed by atoms with Crippen molar-refractivity contribution in [3.8, 4) is 5.75 Å². The zero-order valence-electron chi connectivity index (χ0n) is 7.68. The molecule has 0 aromatic heterocycles. The number of hydrogen-bond donors (Lipinski definition) is 1. The van der Waals surface area contributed by atoms with Gasteiger partial charge in [0.15, 0.2) is 6.10 Å². The summed E-state index contributed by atoms with van der Waals surface area (Å²) < 4.78 is 41.6. The normalized spacial score (nSPS) is 13.7. The van der Waals surface area contributed by atoms with Gasteiger partial charge < -0.3 is 9.84 Å². The highest BCUT2D eigenvalue weighted by Gasteiger charge is 2.40. The van der Waals surface area contributed by atoms with Gasteiger partial charge in [-0.1, -0.05) is 12.1 Å². The molecule has 1 N–H and O–H groups in total. The first-order chi connectivity index (χ1) is 6.88. The van der Waals surface area contributed by atoms with Crippen LogP contribution in [0, 0.1) is 0 Å². The number of rotatable bonds is 2. The second kappa shape index (κ2) is 4.40. The van der Waals surface area contributed by atoms with Crippen molar-refractivity contribution >= 4 is 15.9 Å². The number of aliphatic hydroxyl groups is 1. The van der Waals surface area contributed by atoms with E-state index in [0.717, 1.165) is 0 Å².